The number of aliphatic hydroxyl groups excluding tert-OH is 2. The van der Waals surface area contributed by atoms with Crippen molar-refractivity contribution in [3.8, 4) is 5.75 Å². The van der Waals surface area contributed by atoms with E-state index < -0.39 is 18.2 Å². The van der Waals surface area contributed by atoms with E-state index in [0.717, 1.165) is 19.3 Å². The Bertz CT molecular complexity index is 690. The number of carboxylic acids is 1. The van der Waals surface area contributed by atoms with Crippen molar-refractivity contribution in [1.82, 2.24) is 0 Å². The Balaban J connectivity index is 1.73. The van der Waals surface area contributed by atoms with Crippen LogP contribution in [0.25, 0.3) is 0 Å². The lowest BCUT2D eigenvalue weighted by Gasteiger charge is -2.17. The number of aliphatic hydroxyl groups is 2. The first-order valence-electron chi connectivity index (χ1n) is 9.87. The van der Waals surface area contributed by atoms with Gasteiger partial charge in [0, 0.05) is 17.4 Å². The summed E-state index contributed by atoms with van der Waals surface area (Å²) in [5, 5.41) is 29.4. The summed E-state index contributed by atoms with van der Waals surface area (Å²) in [6.07, 6.45) is 8.87. The fraction of sp³-hybridized carbons (Fsp3) is 0.500. The summed E-state index contributed by atoms with van der Waals surface area (Å²) in [6.45, 7) is 0.368. The molecule has 0 amide bonds. The van der Waals surface area contributed by atoms with Crippen LogP contribution in [0.15, 0.2) is 48.6 Å². The van der Waals surface area contributed by atoms with E-state index in [-0.39, 0.29) is 31.7 Å². The Kier molecular flexibility index (Phi) is 10.2. The zero-order valence-corrected chi connectivity index (χ0v) is 17.1. The zero-order chi connectivity index (χ0) is 21.1. The molecule has 0 bridgehead atoms. The van der Waals surface area contributed by atoms with Crippen molar-refractivity contribution in [3.63, 3.8) is 0 Å². The molecule has 1 aromatic rings. The Morgan fingerprint density at radius 3 is 2.90 bits per heavy atom. The fourth-order valence-electron chi connectivity index (χ4n) is 3.16. The van der Waals surface area contributed by atoms with Gasteiger partial charge in [0.2, 0.25) is 0 Å². The minimum absolute atomic E-state index is 0.0454. The van der Waals surface area contributed by atoms with Crippen LogP contribution < -0.4 is 4.74 Å². The van der Waals surface area contributed by atoms with Gasteiger partial charge in [-0.25, -0.2) is 0 Å². The zero-order valence-electron chi connectivity index (χ0n) is 16.3. The Labute approximate surface area is 176 Å². The fourth-order valence-corrected chi connectivity index (χ4v) is 3.34. The summed E-state index contributed by atoms with van der Waals surface area (Å²) in [4.78, 5) is 10.5. The predicted molar refractivity (Wildman–Crippen MR) is 111 cm³/mol. The predicted octanol–water partition coefficient (Wildman–Crippen LogP) is 3.60. The van der Waals surface area contributed by atoms with Gasteiger partial charge in [-0.2, -0.15) is 0 Å². The SMILES string of the molecule is O=C(O)CCC/C=C\CC[C@H]1[C@@H](O)CO[C@@H]1/C=C/[C@@H](O)COc1cccc(Cl)c1. The van der Waals surface area contributed by atoms with Crippen molar-refractivity contribution in [3.05, 3.63) is 53.6 Å². The second kappa shape index (κ2) is 12.6. The molecule has 6 nitrogen and oxygen atoms in total. The highest BCUT2D eigenvalue weighted by atomic mass is 35.5. The summed E-state index contributed by atoms with van der Waals surface area (Å²) < 4.78 is 11.1. The molecule has 1 aromatic carbocycles. The van der Waals surface area contributed by atoms with Crippen molar-refractivity contribution < 1.29 is 29.6 Å². The quantitative estimate of drug-likeness (QED) is 0.350. The lowest BCUT2D eigenvalue weighted by Crippen LogP contribution is -2.23. The van der Waals surface area contributed by atoms with Crippen LogP contribution in [0.3, 0.4) is 0 Å². The van der Waals surface area contributed by atoms with Crippen molar-refractivity contribution in [2.24, 2.45) is 5.92 Å². The second-order valence-corrected chi connectivity index (χ2v) is 7.52. The summed E-state index contributed by atoms with van der Waals surface area (Å²) in [5.74, 6) is -0.235. The summed E-state index contributed by atoms with van der Waals surface area (Å²) in [7, 11) is 0. The molecule has 0 unspecified atom stereocenters. The number of rotatable bonds is 12. The molecule has 1 aliphatic heterocycles. The number of hydrogen-bond acceptors (Lipinski definition) is 5. The molecule has 1 aliphatic rings. The molecule has 0 saturated carbocycles. The van der Waals surface area contributed by atoms with E-state index in [0.29, 0.717) is 17.2 Å². The number of allylic oxidation sites excluding steroid dienone is 2. The van der Waals surface area contributed by atoms with E-state index in [1.165, 1.54) is 0 Å². The molecule has 4 atom stereocenters. The summed E-state index contributed by atoms with van der Waals surface area (Å²) in [5.41, 5.74) is 0. The van der Waals surface area contributed by atoms with E-state index in [4.69, 9.17) is 26.2 Å². The van der Waals surface area contributed by atoms with Crippen molar-refractivity contribution >= 4 is 17.6 Å². The Hall–Kier alpha value is -1.86. The average molecular weight is 425 g/mol. The number of carboxylic acid groups (broad SMARTS) is 1. The highest BCUT2D eigenvalue weighted by molar-refractivity contribution is 6.30. The number of benzene rings is 1. The third-order valence-electron chi connectivity index (χ3n) is 4.71. The molecule has 0 radical (unpaired) electrons. The van der Waals surface area contributed by atoms with Gasteiger partial charge in [-0.05, 0) is 43.9 Å². The smallest absolute Gasteiger partial charge is 0.303 e. The number of halogens is 1. The lowest BCUT2D eigenvalue weighted by atomic mass is 9.93. The minimum atomic E-state index is -0.801. The first-order valence-corrected chi connectivity index (χ1v) is 10.2. The molecule has 1 saturated heterocycles. The Morgan fingerprint density at radius 2 is 2.14 bits per heavy atom. The van der Waals surface area contributed by atoms with Gasteiger partial charge in [0.15, 0.2) is 0 Å². The van der Waals surface area contributed by atoms with Crippen LogP contribution in [0.4, 0.5) is 0 Å². The molecule has 1 fully saturated rings. The number of ether oxygens (including phenoxy) is 2. The number of hydrogen-bond donors (Lipinski definition) is 3. The summed E-state index contributed by atoms with van der Waals surface area (Å²) >= 11 is 5.90. The molecule has 1 heterocycles. The van der Waals surface area contributed by atoms with E-state index in [2.05, 4.69) is 0 Å². The van der Waals surface area contributed by atoms with Crippen molar-refractivity contribution in [2.75, 3.05) is 13.2 Å². The van der Waals surface area contributed by atoms with Gasteiger partial charge >= 0.3 is 5.97 Å². The van der Waals surface area contributed by atoms with Gasteiger partial charge in [0.1, 0.15) is 18.5 Å². The van der Waals surface area contributed by atoms with Crippen LogP contribution in [-0.4, -0.2) is 52.8 Å². The molecule has 0 aliphatic carbocycles. The molecule has 160 valence electrons. The molecule has 29 heavy (non-hydrogen) atoms. The van der Waals surface area contributed by atoms with Gasteiger partial charge in [-0.15, -0.1) is 0 Å². The minimum Gasteiger partial charge on any atom is -0.491 e. The van der Waals surface area contributed by atoms with Gasteiger partial charge in [0.25, 0.3) is 0 Å². The first kappa shape index (κ1) is 23.4. The molecule has 0 spiro atoms. The molecule has 2 rings (SSSR count). The monoisotopic (exact) mass is 424 g/mol. The standard InChI is InChI=1S/C22H29ClO6/c23-16-7-6-8-18(13-16)28-14-17(24)11-12-21-19(20(25)15-29-21)9-4-2-1-3-5-10-22(26)27/h1-2,6-8,11-13,17,19-21,24-25H,3-5,9-10,14-15H2,(H,26,27)/b2-1-,12-11+/t17-,19+,20+,21-/m1/s1. The van der Waals surface area contributed by atoms with Crippen LogP contribution in [0.2, 0.25) is 5.02 Å². The highest BCUT2D eigenvalue weighted by Gasteiger charge is 2.33. The number of unbranched alkanes of at least 4 members (excludes halogenated alkanes) is 1. The maximum absolute atomic E-state index is 10.5. The average Bonchev–Trinajstić information content (AvgIpc) is 3.03. The van der Waals surface area contributed by atoms with Gasteiger partial charge in [0.05, 0.1) is 18.8 Å². The third-order valence-corrected chi connectivity index (χ3v) is 4.95. The van der Waals surface area contributed by atoms with E-state index in [1.807, 2.05) is 12.2 Å². The van der Waals surface area contributed by atoms with Gasteiger partial charge < -0.3 is 24.8 Å². The third kappa shape index (κ3) is 9.00. The highest BCUT2D eigenvalue weighted by Crippen LogP contribution is 2.27. The van der Waals surface area contributed by atoms with Crippen LogP contribution in [-0.2, 0) is 9.53 Å². The maximum atomic E-state index is 10.5. The lowest BCUT2D eigenvalue weighted by molar-refractivity contribution is -0.137. The van der Waals surface area contributed by atoms with Crippen molar-refractivity contribution in [1.29, 1.82) is 0 Å². The maximum Gasteiger partial charge on any atom is 0.303 e. The normalized spacial score (nSPS) is 23.1. The van der Waals surface area contributed by atoms with Crippen LogP contribution in [0.1, 0.15) is 32.1 Å². The molecule has 0 aromatic heterocycles. The van der Waals surface area contributed by atoms with E-state index in [9.17, 15) is 15.0 Å². The molecular formula is C22H29ClO6. The van der Waals surface area contributed by atoms with Gasteiger partial charge in [-0.1, -0.05) is 42.0 Å². The van der Waals surface area contributed by atoms with E-state index >= 15 is 0 Å². The topological polar surface area (TPSA) is 96.2 Å². The number of carbonyl (C=O) groups is 1. The molecular weight excluding hydrogens is 396 g/mol. The first-order chi connectivity index (χ1) is 14.0. The second-order valence-electron chi connectivity index (χ2n) is 7.08. The van der Waals surface area contributed by atoms with Crippen molar-refractivity contribution in [2.45, 2.75) is 50.4 Å². The largest absolute Gasteiger partial charge is 0.491 e. The molecule has 7 heteroatoms. The Morgan fingerprint density at radius 1 is 1.34 bits per heavy atom. The molecule has 3 N–H and O–H groups in total. The van der Waals surface area contributed by atoms with E-state index in [1.54, 1.807) is 36.4 Å². The van der Waals surface area contributed by atoms with Crippen LogP contribution >= 0.6 is 11.6 Å². The number of aliphatic carboxylic acids is 1. The van der Waals surface area contributed by atoms with Crippen LogP contribution in [0, 0.1) is 5.92 Å². The van der Waals surface area contributed by atoms with Crippen LogP contribution in [0.5, 0.6) is 5.75 Å². The summed E-state index contributed by atoms with van der Waals surface area (Å²) in [6, 6.07) is 6.97. The van der Waals surface area contributed by atoms with Gasteiger partial charge in [-0.3, -0.25) is 4.79 Å².